The highest BCUT2D eigenvalue weighted by Crippen LogP contribution is 2.46. The second kappa shape index (κ2) is 26.1. The molecule has 0 saturated heterocycles. The topological polar surface area (TPSA) is 19.7 Å². The van der Waals surface area contributed by atoms with E-state index in [1.807, 2.05) is 0 Å². The van der Waals surface area contributed by atoms with E-state index in [4.69, 9.17) is 0 Å². The summed E-state index contributed by atoms with van der Waals surface area (Å²) < 4.78 is 9.66. The Bertz CT molecular complexity index is 8400. The SMILES string of the molecule is c1ccc(-n2c3ccccc3c3ccc(-c4ccc5c(c4)c4ccccc4n5-c4cccc(-c5cc6ccc7ccccc7c6c6c5ccc5ccccc56)c4)cc32)cc1.c1ccc(-n2c3ccccc3c3ccc(-c4ccc5c(c4)c4ccccc4n5-c4cccc(-c5ccc6c(ccc7c8ccccc8ccc67)c5)c4)cc32)cc1. The lowest BCUT2D eigenvalue weighted by molar-refractivity contribution is 1.18. The summed E-state index contributed by atoms with van der Waals surface area (Å²) in [5, 5.41) is 28.0. The average molecular weight is 1470 g/mol. The summed E-state index contributed by atoms with van der Waals surface area (Å²) in [6.45, 7) is 0. The molecule has 0 atom stereocenters. The van der Waals surface area contributed by atoms with Crippen LogP contribution in [0.5, 0.6) is 0 Å². The zero-order valence-corrected chi connectivity index (χ0v) is 63.2. The molecule has 0 radical (unpaired) electrons. The van der Waals surface area contributed by atoms with E-state index < -0.39 is 0 Å². The van der Waals surface area contributed by atoms with E-state index in [0.29, 0.717) is 0 Å². The Labute approximate surface area is 668 Å². The fourth-order valence-corrected chi connectivity index (χ4v) is 19.4. The van der Waals surface area contributed by atoms with Gasteiger partial charge >= 0.3 is 0 Å². The summed E-state index contributed by atoms with van der Waals surface area (Å²) in [5.41, 5.74) is 24.0. The fourth-order valence-electron chi connectivity index (χ4n) is 19.4. The van der Waals surface area contributed by atoms with Crippen molar-refractivity contribution in [2.24, 2.45) is 0 Å². The van der Waals surface area contributed by atoms with Crippen molar-refractivity contribution in [3.63, 3.8) is 0 Å². The van der Waals surface area contributed by atoms with Crippen LogP contribution in [-0.4, -0.2) is 18.3 Å². The van der Waals surface area contributed by atoms with Crippen molar-refractivity contribution < 1.29 is 0 Å². The Morgan fingerprint density at radius 1 is 0.121 bits per heavy atom. The lowest BCUT2D eigenvalue weighted by atomic mass is 9.88. The molecular weight excluding hydrogens is 1400 g/mol. The molecule has 0 aliphatic carbocycles. The van der Waals surface area contributed by atoms with Crippen LogP contribution in [0.15, 0.2) is 425 Å². The van der Waals surface area contributed by atoms with Gasteiger partial charge in [-0.25, -0.2) is 0 Å². The number of rotatable bonds is 8. The number of para-hydroxylation sites is 6. The maximum Gasteiger partial charge on any atom is 0.0547 e. The third-order valence-electron chi connectivity index (χ3n) is 24.7. The Kier molecular flexibility index (Phi) is 14.7. The molecule has 0 saturated carbocycles. The van der Waals surface area contributed by atoms with E-state index in [9.17, 15) is 0 Å². The van der Waals surface area contributed by atoms with Gasteiger partial charge in [0.15, 0.2) is 0 Å². The molecule has 0 unspecified atom stereocenters. The van der Waals surface area contributed by atoms with Crippen molar-refractivity contribution in [2.75, 3.05) is 0 Å². The molecule has 0 bridgehead atoms. The van der Waals surface area contributed by atoms with E-state index >= 15 is 0 Å². The molecule has 25 rings (SSSR count). The van der Waals surface area contributed by atoms with Crippen LogP contribution in [0.25, 0.3) is 230 Å². The predicted molar refractivity (Wildman–Crippen MR) is 495 cm³/mol. The predicted octanol–water partition coefficient (Wildman–Crippen LogP) is 30.5. The highest BCUT2D eigenvalue weighted by atomic mass is 15.0. The Morgan fingerprint density at radius 2 is 0.431 bits per heavy atom. The van der Waals surface area contributed by atoms with Crippen molar-refractivity contribution in [1.29, 1.82) is 0 Å². The van der Waals surface area contributed by atoms with Gasteiger partial charge in [-0.05, 0) is 241 Å². The third kappa shape index (κ3) is 10.3. The first-order valence-electron chi connectivity index (χ1n) is 40.1. The summed E-state index contributed by atoms with van der Waals surface area (Å²) >= 11 is 0. The van der Waals surface area contributed by atoms with Gasteiger partial charge in [-0.15, -0.1) is 0 Å². The van der Waals surface area contributed by atoms with Gasteiger partial charge in [0.05, 0.1) is 44.1 Å². The molecule has 538 valence electrons. The molecule has 0 spiro atoms. The largest absolute Gasteiger partial charge is 0.309 e. The Balaban J connectivity index is 0.000000134. The van der Waals surface area contributed by atoms with Gasteiger partial charge in [0, 0.05) is 65.8 Å². The molecule has 0 amide bonds. The van der Waals surface area contributed by atoms with Crippen molar-refractivity contribution in [2.45, 2.75) is 0 Å². The Hall–Kier alpha value is -15.4. The van der Waals surface area contributed by atoms with Gasteiger partial charge in [-0.2, -0.15) is 0 Å². The molecule has 116 heavy (non-hydrogen) atoms. The number of benzene rings is 21. The molecule has 4 aromatic heterocycles. The summed E-state index contributed by atoms with van der Waals surface area (Å²) in [7, 11) is 0. The first kappa shape index (κ1) is 65.4. The van der Waals surface area contributed by atoms with Crippen molar-refractivity contribution in [3.05, 3.63) is 425 Å². The second-order valence-corrected chi connectivity index (χ2v) is 31.0. The highest BCUT2D eigenvalue weighted by molar-refractivity contribution is 6.30. The summed E-state index contributed by atoms with van der Waals surface area (Å²) in [5.74, 6) is 0. The molecule has 25 aromatic rings. The summed E-state index contributed by atoms with van der Waals surface area (Å²) in [6, 6.07) is 156. The molecule has 4 nitrogen and oxygen atoms in total. The second-order valence-electron chi connectivity index (χ2n) is 31.0. The van der Waals surface area contributed by atoms with Crippen LogP contribution >= 0.6 is 0 Å². The number of hydrogen-bond acceptors (Lipinski definition) is 0. The minimum atomic E-state index is 1.15. The van der Waals surface area contributed by atoms with Crippen molar-refractivity contribution >= 4 is 163 Å². The number of aromatic nitrogens is 4. The molecule has 0 N–H and O–H groups in total. The van der Waals surface area contributed by atoms with Gasteiger partial charge in [-0.3, -0.25) is 0 Å². The smallest absolute Gasteiger partial charge is 0.0547 e. The van der Waals surface area contributed by atoms with E-state index in [-0.39, 0.29) is 0 Å². The maximum atomic E-state index is 2.45. The molecule has 0 fully saturated rings. The minimum absolute atomic E-state index is 1.15. The zero-order valence-electron chi connectivity index (χ0n) is 63.2. The number of nitrogens with zero attached hydrogens (tertiary/aromatic N) is 4. The first-order valence-corrected chi connectivity index (χ1v) is 40.1. The van der Waals surface area contributed by atoms with Crippen molar-refractivity contribution in [1.82, 2.24) is 18.3 Å². The van der Waals surface area contributed by atoms with Gasteiger partial charge in [0.25, 0.3) is 0 Å². The van der Waals surface area contributed by atoms with E-state index in [0.717, 1.165) is 11.4 Å². The lowest BCUT2D eigenvalue weighted by Gasteiger charge is -2.16. The monoisotopic (exact) mass is 1470 g/mol. The van der Waals surface area contributed by atoms with Gasteiger partial charge in [0.1, 0.15) is 0 Å². The first-order chi connectivity index (χ1) is 57.5. The van der Waals surface area contributed by atoms with Crippen molar-refractivity contribution in [3.8, 4) is 67.3 Å². The molecule has 4 heteroatoms. The third-order valence-corrected chi connectivity index (χ3v) is 24.7. The van der Waals surface area contributed by atoms with Gasteiger partial charge in [-0.1, -0.05) is 303 Å². The Morgan fingerprint density at radius 3 is 0.957 bits per heavy atom. The van der Waals surface area contributed by atoms with Gasteiger partial charge < -0.3 is 18.3 Å². The fraction of sp³-hybridized carbons (Fsp3) is 0. The maximum absolute atomic E-state index is 2.45. The lowest BCUT2D eigenvalue weighted by Crippen LogP contribution is -1.95. The standard InChI is InChI=1S/C58H36N2.C54H34N2/c1-2-16-43(17-3-1)59-53-23-10-8-21-47(53)49-30-28-40(36-56(49)59)39-29-32-55-52(34-39)48-22-9-11-24-54(48)60(55)44-18-12-15-41(33-44)51-35-42-26-25-37-13-4-6-19-45(37)57(42)58-46-20-7-5-14-38(46)27-31-50(51)58;1-2-13-41(14-3-1)55-51-19-8-6-17-47(51)49-29-23-39(34-54(49)55)38-25-30-53-50(33-38)48-18-7-9-20-52(48)56(53)42-15-10-12-36(32-42)37-22-26-44-40(31-37)24-28-45-43-16-5-4-11-35(43)21-27-46(44)45/h1-36H;1-34H. The molecular formula is C112H70N4. The van der Waals surface area contributed by atoms with Crippen LogP contribution < -0.4 is 0 Å². The van der Waals surface area contributed by atoms with Crippen LogP contribution in [0.2, 0.25) is 0 Å². The normalized spacial score (nSPS) is 12.0. The van der Waals surface area contributed by atoms with Crippen LogP contribution in [0.4, 0.5) is 0 Å². The summed E-state index contributed by atoms with van der Waals surface area (Å²) in [6.07, 6.45) is 0. The van der Waals surface area contributed by atoms with E-state index in [1.165, 1.54) is 219 Å². The molecule has 4 heterocycles. The van der Waals surface area contributed by atoms with Gasteiger partial charge in [0.2, 0.25) is 0 Å². The molecule has 21 aromatic carbocycles. The zero-order chi connectivity index (χ0) is 76.1. The molecule has 0 aliphatic heterocycles. The molecule has 0 aliphatic rings. The van der Waals surface area contributed by atoms with Crippen LogP contribution in [0, 0.1) is 0 Å². The number of fused-ring (bicyclic) bond motifs is 24. The van der Waals surface area contributed by atoms with Crippen LogP contribution in [-0.2, 0) is 0 Å². The van der Waals surface area contributed by atoms with E-state index in [1.54, 1.807) is 0 Å². The number of hydrogen-bond donors (Lipinski definition) is 0. The van der Waals surface area contributed by atoms with Crippen LogP contribution in [0.3, 0.4) is 0 Å². The van der Waals surface area contributed by atoms with Crippen LogP contribution in [0.1, 0.15) is 0 Å². The minimum Gasteiger partial charge on any atom is -0.309 e. The quantitative estimate of drug-likeness (QED) is 0.135. The van der Waals surface area contributed by atoms with E-state index in [2.05, 4.69) is 443 Å². The summed E-state index contributed by atoms with van der Waals surface area (Å²) in [4.78, 5) is 0. The average Bonchev–Trinajstić information content (AvgIpc) is 0.932. The highest BCUT2D eigenvalue weighted by Gasteiger charge is 2.22.